The molecule has 1 aliphatic rings. The first-order chi connectivity index (χ1) is 9.36. The zero-order chi connectivity index (χ0) is 14.9. The van der Waals surface area contributed by atoms with Crippen LogP contribution in [0.4, 0.5) is 0 Å². The quantitative estimate of drug-likeness (QED) is 0.754. The van der Waals surface area contributed by atoms with Crippen LogP contribution in [0, 0.1) is 0 Å². The molecule has 1 aromatic rings. The summed E-state index contributed by atoms with van der Waals surface area (Å²) in [4.78, 5) is 0.0818. The van der Waals surface area contributed by atoms with Crippen LogP contribution in [0.25, 0.3) is 0 Å². The average Bonchev–Trinajstić information content (AvgIpc) is 2.38. The molecule has 1 unspecified atom stereocenters. The molecule has 1 fully saturated rings. The van der Waals surface area contributed by atoms with Gasteiger partial charge >= 0.3 is 0 Å². The molecule has 2 rings (SSSR count). The molecular formula is C12H14Cl3NO2S2. The van der Waals surface area contributed by atoms with E-state index >= 15 is 0 Å². The molecule has 1 aromatic carbocycles. The Balaban J connectivity index is 2.43. The van der Waals surface area contributed by atoms with Crippen molar-refractivity contribution < 1.29 is 8.42 Å². The van der Waals surface area contributed by atoms with Crippen LogP contribution in [-0.2, 0) is 15.9 Å². The lowest BCUT2D eigenvalue weighted by Crippen LogP contribution is -2.41. The molecule has 0 N–H and O–H groups in total. The Bertz CT molecular complexity index is 607. The normalized spacial score (nSPS) is 21.1. The van der Waals surface area contributed by atoms with Crippen molar-refractivity contribution in [3.05, 3.63) is 27.7 Å². The van der Waals surface area contributed by atoms with Gasteiger partial charge in [0.15, 0.2) is 0 Å². The molecule has 0 radical (unpaired) electrons. The van der Waals surface area contributed by atoms with Gasteiger partial charge in [-0.25, -0.2) is 8.42 Å². The first kappa shape index (κ1) is 16.7. The summed E-state index contributed by atoms with van der Waals surface area (Å²) in [5.74, 6) is 0.929. The lowest BCUT2D eigenvalue weighted by molar-refractivity contribution is 0.424. The Hall–Kier alpha value is 0.350. The van der Waals surface area contributed by atoms with E-state index in [1.165, 1.54) is 16.4 Å². The van der Waals surface area contributed by atoms with E-state index in [1.807, 2.05) is 6.92 Å². The molecule has 20 heavy (non-hydrogen) atoms. The second-order valence-electron chi connectivity index (χ2n) is 4.55. The standard InChI is InChI=1S/C12H14Cl3NO2S2/c1-8-7-16(2-3-19-8)20(17,18)12-4-9(6-13)10(14)5-11(12)15/h4-5,8H,2-3,6-7H2,1H3. The molecule has 0 bridgehead atoms. The van der Waals surface area contributed by atoms with Gasteiger partial charge in [-0.1, -0.05) is 30.1 Å². The van der Waals surface area contributed by atoms with Crippen LogP contribution >= 0.6 is 46.6 Å². The van der Waals surface area contributed by atoms with Crippen molar-refractivity contribution in [2.45, 2.75) is 22.9 Å². The van der Waals surface area contributed by atoms with Gasteiger partial charge < -0.3 is 0 Å². The molecule has 0 aliphatic carbocycles. The molecule has 0 amide bonds. The number of alkyl halides is 1. The molecule has 1 aliphatic heterocycles. The number of halogens is 3. The van der Waals surface area contributed by atoms with Crippen LogP contribution in [0.15, 0.2) is 17.0 Å². The fraction of sp³-hybridized carbons (Fsp3) is 0.500. The van der Waals surface area contributed by atoms with Crippen molar-refractivity contribution >= 4 is 56.6 Å². The summed E-state index contributed by atoms with van der Waals surface area (Å²) in [6, 6.07) is 2.91. The van der Waals surface area contributed by atoms with Crippen molar-refractivity contribution in [3.63, 3.8) is 0 Å². The Morgan fingerprint density at radius 2 is 2.05 bits per heavy atom. The van der Waals surface area contributed by atoms with Crippen LogP contribution in [-0.4, -0.2) is 36.8 Å². The fourth-order valence-corrected chi connectivity index (χ4v) is 5.90. The number of sulfonamides is 1. The van der Waals surface area contributed by atoms with Crippen molar-refractivity contribution in [3.8, 4) is 0 Å². The van der Waals surface area contributed by atoms with Gasteiger partial charge in [-0.3, -0.25) is 0 Å². The molecule has 0 spiro atoms. The van der Waals surface area contributed by atoms with Crippen molar-refractivity contribution in [1.82, 2.24) is 4.31 Å². The first-order valence-electron chi connectivity index (χ1n) is 6.02. The van der Waals surface area contributed by atoms with E-state index in [9.17, 15) is 8.42 Å². The summed E-state index contributed by atoms with van der Waals surface area (Å²) >= 11 is 19.6. The van der Waals surface area contributed by atoms with Gasteiger partial charge in [-0.15, -0.1) is 11.6 Å². The van der Waals surface area contributed by atoms with E-state index in [4.69, 9.17) is 34.8 Å². The summed E-state index contributed by atoms with van der Waals surface area (Å²) in [5, 5.41) is 0.790. The van der Waals surface area contributed by atoms with E-state index in [1.54, 1.807) is 11.8 Å². The Morgan fingerprint density at radius 1 is 1.35 bits per heavy atom. The molecule has 1 heterocycles. The van der Waals surface area contributed by atoms with Crippen LogP contribution in [0.1, 0.15) is 12.5 Å². The molecule has 1 atom stereocenters. The van der Waals surface area contributed by atoms with E-state index in [0.29, 0.717) is 23.7 Å². The minimum atomic E-state index is -3.60. The number of thioether (sulfide) groups is 1. The van der Waals surface area contributed by atoms with Crippen molar-refractivity contribution in [2.75, 3.05) is 18.8 Å². The van der Waals surface area contributed by atoms with Gasteiger partial charge in [-0.05, 0) is 17.7 Å². The minimum absolute atomic E-state index is 0.0818. The van der Waals surface area contributed by atoms with Gasteiger partial charge in [0.25, 0.3) is 0 Å². The van der Waals surface area contributed by atoms with Crippen molar-refractivity contribution in [1.29, 1.82) is 0 Å². The molecule has 8 heteroatoms. The third-order valence-electron chi connectivity index (χ3n) is 3.07. The van der Waals surface area contributed by atoms with Gasteiger partial charge in [0.05, 0.1) is 5.02 Å². The Kier molecular flexibility index (Phi) is 5.54. The summed E-state index contributed by atoms with van der Waals surface area (Å²) in [6.07, 6.45) is 0. The van der Waals surface area contributed by atoms with E-state index in [-0.39, 0.29) is 21.0 Å². The van der Waals surface area contributed by atoms with Crippen LogP contribution < -0.4 is 0 Å². The van der Waals surface area contributed by atoms with Gasteiger partial charge in [0.2, 0.25) is 10.0 Å². The molecule has 3 nitrogen and oxygen atoms in total. The predicted octanol–water partition coefficient (Wildman–Crippen LogP) is 3.86. The summed E-state index contributed by atoms with van der Waals surface area (Å²) in [5.41, 5.74) is 0.566. The number of rotatable bonds is 3. The molecule has 1 saturated heterocycles. The number of hydrogen-bond donors (Lipinski definition) is 0. The minimum Gasteiger partial charge on any atom is -0.207 e. The maximum Gasteiger partial charge on any atom is 0.244 e. The summed E-state index contributed by atoms with van der Waals surface area (Å²) in [6.45, 7) is 2.99. The highest BCUT2D eigenvalue weighted by Crippen LogP contribution is 2.33. The summed E-state index contributed by atoms with van der Waals surface area (Å²) in [7, 11) is -3.60. The predicted molar refractivity (Wildman–Crippen MR) is 86.7 cm³/mol. The summed E-state index contributed by atoms with van der Waals surface area (Å²) < 4.78 is 26.8. The maximum atomic E-state index is 12.7. The zero-order valence-corrected chi connectivity index (χ0v) is 14.7. The average molecular weight is 375 g/mol. The third kappa shape index (κ3) is 3.39. The van der Waals surface area contributed by atoms with Crippen LogP contribution in [0.2, 0.25) is 10.0 Å². The molecule has 0 aromatic heterocycles. The SMILES string of the molecule is CC1CN(S(=O)(=O)c2cc(CCl)c(Cl)cc2Cl)CCS1. The lowest BCUT2D eigenvalue weighted by atomic mass is 10.2. The van der Waals surface area contributed by atoms with Crippen LogP contribution in [0.5, 0.6) is 0 Å². The molecule has 0 saturated carbocycles. The lowest BCUT2D eigenvalue weighted by Gasteiger charge is -2.30. The first-order valence-corrected chi connectivity index (χ1v) is 9.80. The smallest absolute Gasteiger partial charge is 0.207 e. The number of hydrogen-bond acceptors (Lipinski definition) is 3. The molecular weight excluding hydrogens is 361 g/mol. The second kappa shape index (κ2) is 6.63. The Morgan fingerprint density at radius 3 is 2.65 bits per heavy atom. The highest BCUT2D eigenvalue weighted by atomic mass is 35.5. The second-order valence-corrected chi connectivity index (χ2v) is 9.09. The van der Waals surface area contributed by atoms with E-state index < -0.39 is 10.0 Å². The highest BCUT2D eigenvalue weighted by Gasteiger charge is 2.31. The van der Waals surface area contributed by atoms with Gasteiger partial charge in [0.1, 0.15) is 4.90 Å². The van der Waals surface area contributed by atoms with E-state index in [2.05, 4.69) is 0 Å². The maximum absolute atomic E-state index is 12.7. The number of benzene rings is 1. The van der Waals surface area contributed by atoms with E-state index in [0.717, 1.165) is 5.75 Å². The monoisotopic (exact) mass is 373 g/mol. The highest BCUT2D eigenvalue weighted by molar-refractivity contribution is 8.00. The number of nitrogens with zero attached hydrogens (tertiary/aromatic N) is 1. The van der Waals surface area contributed by atoms with Crippen molar-refractivity contribution in [2.24, 2.45) is 0 Å². The third-order valence-corrected chi connectivity index (χ3v) is 7.17. The van der Waals surface area contributed by atoms with Crippen LogP contribution in [0.3, 0.4) is 0 Å². The topological polar surface area (TPSA) is 37.4 Å². The zero-order valence-electron chi connectivity index (χ0n) is 10.8. The van der Waals surface area contributed by atoms with Gasteiger partial charge in [0, 0.05) is 35.0 Å². The molecule has 112 valence electrons. The Labute approximate surface area is 138 Å². The fourth-order valence-electron chi connectivity index (χ4n) is 2.02. The largest absolute Gasteiger partial charge is 0.244 e. The van der Waals surface area contributed by atoms with Gasteiger partial charge in [-0.2, -0.15) is 16.1 Å².